The molecule has 0 bridgehead atoms. The van der Waals surface area contributed by atoms with Gasteiger partial charge in [0.1, 0.15) is 24.0 Å². The molecule has 0 aromatic carbocycles. The number of carbonyl (C=O) groups is 5. The van der Waals surface area contributed by atoms with Gasteiger partial charge in [-0.15, -0.1) is 0 Å². The molecule has 0 rings (SSSR count). The average molecular weight is 512 g/mol. The lowest BCUT2D eigenvalue weighted by atomic mass is 9.94. The van der Waals surface area contributed by atoms with E-state index < -0.39 is 84.9 Å². The highest BCUT2D eigenvalue weighted by atomic mass is 32.2. The van der Waals surface area contributed by atoms with Crippen molar-refractivity contribution in [2.75, 3.05) is 25.6 Å². The molecule has 34 heavy (non-hydrogen) atoms. The topological polar surface area (TPSA) is 243 Å². The standard InChI is InChI=1S/C19H33N3O11S/c1-8(20-2)11(23)4-9(17(29)22-10(7-34-3)18(30)31)5-13(25)21-6-12(24)14(26)15(27)16(28)19(32)33/h8-10,12,14-16,20,24,26-28H,4-7H2,1-3H3,(H,21,25)(H,22,29)(H,30,31)(H,32,33)/t8-,9-,10-,12-,14+,15-,16-/m0/s1. The Morgan fingerprint density at radius 3 is 1.97 bits per heavy atom. The van der Waals surface area contributed by atoms with Gasteiger partial charge in [0, 0.05) is 25.1 Å². The van der Waals surface area contributed by atoms with E-state index in [1.807, 2.05) is 0 Å². The Kier molecular flexibility index (Phi) is 14.5. The van der Waals surface area contributed by atoms with Crippen LogP contribution >= 0.6 is 11.8 Å². The summed E-state index contributed by atoms with van der Waals surface area (Å²) in [6.07, 6.45) is -7.93. The van der Waals surface area contributed by atoms with Gasteiger partial charge >= 0.3 is 11.9 Å². The maximum absolute atomic E-state index is 12.6. The number of likely N-dealkylation sites (N-methyl/N-ethyl adjacent to an activating group) is 1. The van der Waals surface area contributed by atoms with Crippen molar-refractivity contribution < 1.29 is 54.6 Å². The summed E-state index contributed by atoms with van der Waals surface area (Å²) in [6, 6.07) is -1.89. The van der Waals surface area contributed by atoms with Crippen LogP contribution in [0.1, 0.15) is 19.8 Å². The van der Waals surface area contributed by atoms with E-state index in [9.17, 15) is 49.5 Å². The van der Waals surface area contributed by atoms with Crippen LogP contribution in [0.2, 0.25) is 0 Å². The number of carboxylic acid groups (broad SMARTS) is 2. The lowest BCUT2D eigenvalue weighted by Crippen LogP contribution is -2.51. The molecule has 0 saturated carbocycles. The van der Waals surface area contributed by atoms with Crippen molar-refractivity contribution in [1.29, 1.82) is 0 Å². The van der Waals surface area contributed by atoms with Gasteiger partial charge in [0.05, 0.1) is 18.1 Å². The minimum atomic E-state index is -2.38. The van der Waals surface area contributed by atoms with Crippen LogP contribution in [0.5, 0.6) is 0 Å². The van der Waals surface area contributed by atoms with Crippen molar-refractivity contribution in [3.05, 3.63) is 0 Å². The van der Waals surface area contributed by atoms with Gasteiger partial charge in [0.2, 0.25) is 11.8 Å². The van der Waals surface area contributed by atoms with Gasteiger partial charge in [-0.3, -0.25) is 14.4 Å². The Balaban J connectivity index is 5.23. The second kappa shape index (κ2) is 15.6. The Labute approximate surface area is 200 Å². The van der Waals surface area contributed by atoms with Crippen molar-refractivity contribution in [3.8, 4) is 0 Å². The quantitative estimate of drug-likeness (QED) is 0.0909. The van der Waals surface area contributed by atoms with Gasteiger partial charge in [-0.25, -0.2) is 9.59 Å². The largest absolute Gasteiger partial charge is 0.480 e. The number of thioether (sulfide) groups is 1. The number of amides is 2. The summed E-state index contributed by atoms with van der Waals surface area (Å²) in [7, 11) is 1.52. The molecule has 0 saturated heterocycles. The first-order chi connectivity index (χ1) is 15.8. The van der Waals surface area contributed by atoms with Crippen LogP contribution in [0.15, 0.2) is 0 Å². The highest BCUT2D eigenvalue weighted by Gasteiger charge is 2.35. The molecule has 0 aliphatic rings. The Morgan fingerprint density at radius 2 is 1.50 bits per heavy atom. The number of rotatable bonds is 17. The number of aliphatic hydroxyl groups is 4. The fraction of sp³-hybridized carbons (Fsp3) is 0.737. The van der Waals surface area contributed by atoms with Crippen LogP contribution in [-0.2, 0) is 24.0 Å². The number of hydrogen-bond acceptors (Lipinski definition) is 11. The molecule has 0 spiro atoms. The minimum Gasteiger partial charge on any atom is -0.480 e. The Bertz CT molecular complexity index is 724. The molecule has 0 aromatic heterocycles. The molecule has 2 amide bonds. The first-order valence-corrected chi connectivity index (χ1v) is 11.6. The third kappa shape index (κ3) is 10.8. The SMILES string of the molecule is CN[C@@H](C)C(=O)C[C@@H](CC(=O)NC[C@H](O)[C@@H](O)[C@H](O)[C@H](O)C(=O)O)C(=O)N[C@@H](CSC)C(=O)O. The maximum Gasteiger partial charge on any atom is 0.335 e. The molecular weight excluding hydrogens is 478 g/mol. The number of carbonyl (C=O) groups excluding carboxylic acids is 3. The average Bonchev–Trinajstić information content (AvgIpc) is 2.79. The van der Waals surface area contributed by atoms with E-state index in [-0.39, 0.29) is 12.2 Å². The lowest BCUT2D eigenvalue weighted by molar-refractivity contribution is -0.162. The number of nitrogens with one attached hydrogen (secondary N) is 3. The molecule has 0 unspecified atom stereocenters. The van der Waals surface area contributed by atoms with Crippen LogP contribution < -0.4 is 16.0 Å². The monoisotopic (exact) mass is 511 g/mol. The third-order valence-corrected chi connectivity index (χ3v) is 5.61. The van der Waals surface area contributed by atoms with Crippen LogP contribution in [0, 0.1) is 5.92 Å². The minimum absolute atomic E-state index is 0.0510. The molecule has 7 atom stereocenters. The van der Waals surface area contributed by atoms with Gasteiger partial charge in [0.25, 0.3) is 0 Å². The summed E-state index contributed by atoms with van der Waals surface area (Å²) >= 11 is 1.17. The zero-order valence-electron chi connectivity index (χ0n) is 19.0. The van der Waals surface area contributed by atoms with E-state index in [4.69, 9.17) is 5.11 Å². The van der Waals surface area contributed by atoms with E-state index in [2.05, 4.69) is 16.0 Å². The van der Waals surface area contributed by atoms with E-state index in [0.717, 1.165) is 0 Å². The van der Waals surface area contributed by atoms with Crippen molar-refractivity contribution in [2.24, 2.45) is 5.92 Å². The molecule has 0 radical (unpaired) electrons. The molecule has 15 heteroatoms. The van der Waals surface area contributed by atoms with Gasteiger partial charge in [-0.05, 0) is 20.2 Å². The second-order valence-electron chi connectivity index (χ2n) is 7.57. The smallest absolute Gasteiger partial charge is 0.335 e. The first-order valence-electron chi connectivity index (χ1n) is 10.2. The fourth-order valence-corrected chi connectivity index (χ4v) is 3.22. The van der Waals surface area contributed by atoms with Crippen LogP contribution in [0.3, 0.4) is 0 Å². The van der Waals surface area contributed by atoms with E-state index >= 15 is 0 Å². The summed E-state index contributed by atoms with van der Waals surface area (Å²) in [4.78, 5) is 59.2. The summed E-state index contributed by atoms with van der Waals surface area (Å²) in [5.41, 5.74) is 0. The van der Waals surface area contributed by atoms with E-state index in [1.54, 1.807) is 13.2 Å². The number of aliphatic hydroxyl groups excluding tert-OH is 4. The molecule has 196 valence electrons. The molecule has 0 aliphatic carbocycles. The maximum atomic E-state index is 12.6. The predicted octanol–water partition coefficient (Wildman–Crippen LogP) is -3.86. The normalized spacial score (nSPS) is 17.4. The summed E-state index contributed by atoms with van der Waals surface area (Å²) in [6.45, 7) is 0.864. The van der Waals surface area contributed by atoms with Crippen LogP contribution in [0.25, 0.3) is 0 Å². The Hall–Kier alpha value is -2.30. The predicted molar refractivity (Wildman–Crippen MR) is 119 cm³/mol. The van der Waals surface area contributed by atoms with Gasteiger partial charge in [-0.1, -0.05) is 0 Å². The Morgan fingerprint density at radius 1 is 0.912 bits per heavy atom. The van der Waals surface area contributed by atoms with Crippen molar-refractivity contribution in [1.82, 2.24) is 16.0 Å². The molecule has 0 fully saturated rings. The number of aliphatic carboxylic acids is 2. The van der Waals surface area contributed by atoms with E-state index in [0.29, 0.717) is 0 Å². The number of hydrogen-bond donors (Lipinski definition) is 9. The lowest BCUT2D eigenvalue weighted by Gasteiger charge is -2.25. The zero-order chi connectivity index (χ0) is 26.6. The summed E-state index contributed by atoms with van der Waals surface area (Å²) in [5, 5.41) is 63.4. The van der Waals surface area contributed by atoms with Gasteiger partial charge in [-0.2, -0.15) is 11.8 Å². The van der Waals surface area contributed by atoms with E-state index in [1.165, 1.54) is 18.8 Å². The summed E-state index contributed by atoms with van der Waals surface area (Å²) in [5.74, 6) is -6.41. The fourth-order valence-electron chi connectivity index (χ4n) is 2.66. The molecule has 14 nitrogen and oxygen atoms in total. The van der Waals surface area contributed by atoms with Crippen molar-refractivity contribution >= 4 is 41.3 Å². The van der Waals surface area contributed by atoms with Crippen LogP contribution in [-0.4, -0.2) is 122 Å². The molecule has 0 heterocycles. The molecule has 9 N–H and O–H groups in total. The third-order valence-electron chi connectivity index (χ3n) is 4.94. The zero-order valence-corrected chi connectivity index (χ0v) is 19.8. The first kappa shape index (κ1) is 31.7. The van der Waals surface area contributed by atoms with Crippen molar-refractivity contribution in [2.45, 2.75) is 56.3 Å². The van der Waals surface area contributed by atoms with Crippen LogP contribution in [0.4, 0.5) is 0 Å². The van der Waals surface area contributed by atoms with Gasteiger partial charge in [0.15, 0.2) is 6.10 Å². The molecule has 0 aliphatic heterocycles. The highest BCUT2D eigenvalue weighted by molar-refractivity contribution is 7.98. The van der Waals surface area contributed by atoms with Crippen molar-refractivity contribution in [3.63, 3.8) is 0 Å². The molecule has 0 aromatic rings. The second-order valence-corrected chi connectivity index (χ2v) is 8.48. The number of carboxylic acids is 2. The van der Waals surface area contributed by atoms with Gasteiger partial charge < -0.3 is 46.6 Å². The number of Topliss-reactive ketones (excluding diaryl/α,β-unsaturated/α-hetero) is 1. The highest BCUT2D eigenvalue weighted by Crippen LogP contribution is 2.13. The molecular formula is C19H33N3O11S. The number of ketones is 1. The summed E-state index contributed by atoms with van der Waals surface area (Å²) < 4.78 is 0.